The van der Waals surface area contributed by atoms with E-state index in [2.05, 4.69) is 6.92 Å². The van der Waals surface area contributed by atoms with Gasteiger partial charge in [-0.3, -0.25) is 0 Å². The predicted octanol–water partition coefficient (Wildman–Crippen LogP) is 1.44. The molecule has 2 atom stereocenters. The number of benzene rings is 1. The number of nitrogens with two attached hydrogens (primary N) is 1. The van der Waals surface area contributed by atoms with Crippen LogP contribution in [0.15, 0.2) is 29.2 Å². The first-order valence-electron chi connectivity index (χ1n) is 6.93. The van der Waals surface area contributed by atoms with Gasteiger partial charge in [-0.25, -0.2) is 8.42 Å². The largest absolute Gasteiger partial charge is 0.494 e. The van der Waals surface area contributed by atoms with Gasteiger partial charge in [0.05, 0.1) is 11.5 Å². The van der Waals surface area contributed by atoms with Crippen LogP contribution in [0.3, 0.4) is 0 Å². The van der Waals surface area contributed by atoms with Gasteiger partial charge in [0.25, 0.3) is 0 Å². The molecule has 0 amide bonds. The quantitative estimate of drug-likeness (QED) is 0.913. The Balaban J connectivity index is 2.17. The Labute approximate surface area is 120 Å². The van der Waals surface area contributed by atoms with E-state index in [4.69, 9.17) is 10.5 Å². The highest BCUT2D eigenvalue weighted by Gasteiger charge is 2.31. The Kier molecular flexibility index (Phi) is 4.67. The number of sulfonamides is 1. The maximum atomic E-state index is 12.5. The van der Waals surface area contributed by atoms with E-state index in [1.54, 1.807) is 24.3 Å². The minimum Gasteiger partial charge on any atom is -0.494 e. The summed E-state index contributed by atoms with van der Waals surface area (Å²) < 4.78 is 31.9. The minimum absolute atomic E-state index is 0.0961. The van der Waals surface area contributed by atoms with Gasteiger partial charge in [-0.05, 0) is 43.5 Å². The maximum absolute atomic E-state index is 12.5. The molecule has 2 unspecified atom stereocenters. The van der Waals surface area contributed by atoms with Crippen LogP contribution in [0.1, 0.15) is 20.3 Å². The molecule has 6 heteroatoms. The Bertz CT molecular complexity index is 542. The molecule has 0 aliphatic carbocycles. The molecule has 0 radical (unpaired) electrons. The standard InChI is InChI=1S/C14H22N2O3S/c1-3-19-12-4-6-13(7-5-12)20(17,18)16-9-8-11(2)14(15)10-16/h4-7,11,14H,3,8-10,15H2,1-2H3. The summed E-state index contributed by atoms with van der Waals surface area (Å²) in [5, 5.41) is 0. The van der Waals surface area contributed by atoms with Crippen LogP contribution in [0.5, 0.6) is 5.75 Å². The molecular formula is C14H22N2O3S. The molecule has 0 saturated carbocycles. The van der Waals surface area contributed by atoms with Gasteiger partial charge in [-0.15, -0.1) is 0 Å². The Morgan fingerprint density at radius 3 is 2.55 bits per heavy atom. The average Bonchev–Trinajstić information content (AvgIpc) is 2.43. The van der Waals surface area contributed by atoms with Crippen molar-refractivity contribution in [3.8, 4) is 5.75 Å². The number of nitrogens with zero attached hydrogens (tertiary/aromatic N) is 1. The second-order valence-corrected chi connectivity index (χ2v) is 7.14. The van der Waals surface area contributed by atoms with E-state index in [1.165, 1.54) is 4.31 Å². The zero-order chi connectivity index (χ0) is 14.8. The monoisotopic (exact) mass is 298 g/mol. The number of rotatable bonds is 4. The van der Waals surface area contributed by atoms with Gasteiger partial charge in [0.2, 0.25) is 10.0 Å². The molecule has 1 saturated heterocycles. The van der Waals surface area contributed by atoms with Crippen LogP contribution in [0, 0.1) is 5.92 Å². The zero-order valence-electron chi connectivity index (χ0n) is 12.0. The van der Waals surface area contributed by atoms with E-state index < -0.39 is 10.0 Å². The molecule has 0 aromatic heterocycles. The molecule has 1 aliphatic rings. The van der Waals surface area contributed by atoms with Crippen LogP contribution in [0.4, 0.5) is 0 Å². The first kappa shape index (κ1) is 15.3. The Hall–Kier alpha value is -1.11. The lowest BCUT2D eigenvalue weighted by Crippen LogP contribution is -2.49. The smallest absolute Gasteiger partial charge is 0.243 e. The fourth-order valence-corrected chi connectivity index (χ4v) is 3.80. The summed E-state index contributed by atoms with van der Waals surface area (Å²) >= 11 is 0. The van der Waals surface area contributed by atoms with Crippen molar-refractivity contribution in [3.05, 3.63) is 24.3 Å². The summed E-state index contributed by atoms with van der Waals surface area (Å²) in [5.74, 6) is 1.04. The highest BCUT2D eigenvalue weighted by atomic mass is 32.2. The fourth-order valence-electron chi connectivity index (χ4n) is 2.31. The molecule has 112 valence electrons. The van der Waals surface area contributed by atoms with E-state index in [1.807, 2.05) is 6.92 Å². The number of piperidine rings is 1. The van der Waals surface area contributed by atoms with Gasteiger partial charge in [0.1, 0.15) is 5.75 Å². The van der Waals surface area contributed by atoms with Crippen LogP contribution >= 0.6 is 0 Å². The highest BCUT2D eigenvalue weighted by molar-refractivity contribution is 7.89. The molecule has 0 bridgehead atoms. The molecule has 1 aromatic rings. The maximum Gasteiger partial charge on any atom is 0.243 e. The van der Waals surface area contributed by atoms with Crippen molar-refractivity contribution in [1.82, 2.24) is 4.31 Å². The fraction of sp³-hybridized carbons (Fsp3) is 0.571. The van der Waals surface area contributed by atoms with Gasteiger partial charge in [-0.2, -0.15) is 4.31 Å². The summed E-state index contributed by atoms with van der Waals surface area (Å²) in [6.45, 7) is 5.43. The third-order valence-electron chi connectivity index (χ3n) is 3.75. The van der Waals surface area contributed by atoms with Crippen LogP contribution in [-0.2, 0) is 10.0 Å². The molecule has 1 aliphatic heterocycles. The molecule has 20 heavy (non-hydrogen) atoms. The van der Waals surface area contributed by atoms with Gasteiger partial charge in [-0.1, -0.05) is 6.92 Å². The van der Waals surface area contributed by atoms with Gasteiger partial charge in [0.15, 0.2) is 0 Å². The molecule has 2 rings (SSSR count). The molecular weight excluding hydrogens is 276 g/mol. The van der Waals surface area contributed by atoms with Crippen molar-refractivity contribution in [3.63, 3.8) is 0 Å². The Morgan fingerprint density at radius 1 is 1.35 bits per heavy atom. The SMILES string of the molecule is CCOc1ccc(S(=O)(=O)N2CCC(C)C(N)C2)cc1. The molecule has 2 N–H and O–H groups in total. The van der Waals surface area contributed by atoms with Crippen LogP contribution in [0.25, 0.3) is 0 Å². The lowest BCUT2D eigenvalue weighted by molar-refractivity contribution is 0.253. The summed E-state index contributed by atoms with van der Waals surface area (Å²) in [6.07, 6.45) is 0.803. The first-order chi connectivity index (χ1) is 9.45. The topological polar surface area (TPSA) is 72.6 Å². The highest BCUT2D eigenvalue weighted by Crippen LogP contribution is 2.24. The summed E-state index contributed by atoms with van der Waals surface area (Å²) in [7, 11) is -3.45. The van der Waals surface area contributed by atoms with E-state index in [-0.39, 0.29) is 6.04 Å². The third kappa shape index (κ3) is 3.13. The predicted molar refractivity (Wildman–Crippen MR) is 78.1 cm³/mol. The lowest BCUT2D eigenvalue weighted by Gasteiger charge is -2.34. The number of ether oxygens (including phenoxy) is 1. The Morgan fingerprint density at radius 2 is 2.00 bits per heavy atom. The molecule has 1 aromatic carbocycles. The first-order valence-corrected chi connectivity index (χ1v) is 8.37. The van der Waals surface area contributed by atoms with Crippen molar-refractivity contribution >= 4 is 10.0 Å². The summed E-state index contributed by atoms with van der Waals surface area (Å²) in [5.41, 5.74) is 5.98. The third-order valence-corrected chi connectivity index (χ3v) is 5.63. The van der Waals surface area contributed by atoms with Crippen molar-refractivity contribution in [2.24, 2.45) is 11.7 Å². The van der Waals surface area contributed by atoms with Crippen molar-refractivity contribution in [1.29, 1.82) is 0 Å². The van der Waals surface area contributed by atoms with E-state index in [9.17, 15) is 8.42 Å². The van der Waals surface area contributed by atoms with Crippen molar-refractivity contribution in [2.45, 2.75) is 31.2 Å². The van der Waals surface area contributed by atoms with Crippen molar-refractivity contribution < 1.29 is 13.2 Å². The lowest BCUT2D eigenvalue weighted by atomic mass is 9.96. The average molecular weight is 298 g/mol. The summed E-state index contributed by atoms with van der Waals surface area (Å²) in [4.78, 5) is 0.294. The van der Waals surface area contributed by atoms with Gasteiger partial charge < -0.3 is 10.5 Å². The second kappa shape index (κ2) is 6.11. The van der Waals surface area contributed by atoms with Gasteiger partial charge in [0, 0.05) is 19.1 Å². The number of hydrogen-bond donors (Lipinski definition) is 1. The van der Waals surface area contributed by atoms with E-state index >= 15 is 0 Å². The number of hydrogen-bond acceptors (Lipinski definition) is 4. The second-order valence-electron chi connectivity index (χ2n) is 5.20. The van der Waals surface area contributed by atoms with E-state index in [0.717, 1.165) is 6.42 Å². The molecule has 1 heterocycles. The van der Waals surface area contributed by atoms with E-state index in [0.29, 0.717) is 36.3 Å². The van der Waals surface area contributed by atoms with Crippen LogP contribution < -0.4 is 10.5 Å². The van der Waals surface area contributed by atoms with Crippen LogP contribution in [-0.4, -0.2) is 38.5 Å². The normalized spacial score (nSPS) is 24.6. The molecule has 0 spiro atoms. The van der Waals surface area contributed by atoms with Gasteiger partial charge >= 0.3 is 0 Å². The zero-order valence-corrected chi connectivity index (χ0v) is 12.8. The summed E-state index contributed by atoms with van der Waals surface area (Å²) in [6, 6.07) is 6.45. The molecule has 1 fully saturated rings. The van der Waals surface area contributed by atoms with Crippen molar-refractivity contribution in [2.75, 3.05) is 19.7 Å². The van der Waals surface area contributed by atoms with Crippen LogP contribution in [0.2, 0.25) is 0 Å². The molecule has 5 nitrogen and oxygen atoms in total. The minimum atomic E-state index is -3.45.